The van der Waals surface area contributed by atoms with Gasteiger partial charge in [-0.2, -0.15) is 0 Å². The van der Waals surface area contributed by atoms with Crippen molar-refractivity contribution in [1.29, 1.82) is 0 Å². The number of aromatic nitrogens is 3. The third kappa shape index (κ3) is 2.50. The molecule has 0 unspecified atom stereocenters. The molecule has 96 valence electrons. The number of methoxy groups -OCH3 is 1. The summed E-state index contributed by atoms with van der Waals surface area (Å²) in [5.41, 5.74) is 1.27. The number of unbranched alkanes of at least 4 members (excludes halogenated alkanes) is 2. The van der Waals surface area contributed by atoms with Crippen molar-refractivity contribution in [3.63, 3.8) is 0 Å². The van der Waals surface area contributed by atoms with E-state index in [0.29, 0.717) is 5.56 Å². The molecule has 0 bridgehead atoms. The fraction of sp³-hybridized carbons (Fsp3) is 0.462. The van der Waals surface area contributed by atoms with E-state index in [1.54, 1.807) is 18.3 Å². The third-order valence-corrected chi connectivity index (χ3v) is 2.90. The van der Waals surface area contributed by atoms with Crippen LogP contribution in [0.3, 0.4) is 0 Å². The summed E-state index contributed by atoms with van der Waals surface area (Å²) in [5.74, 6) is 0.550. The van der Waals surface area contributed by atoms with Gasteiger partial charge >= 0.3 is 5.97 Å². The lowest BCUT2D eigenvalue weighted by molar-refractivity contribution is 0.0600. The first-order valence-electron chi connectivity index (χ1n) is 6.18. The molecule has 2 aromatic rings. The molecule has 0 aliphatic carbocycles. The van der Waals surface area contributed by atoms with E-state index in [-0.39, 0.29) is 5.97 Å². The summed E-state index contributed by atoms with van der Waals surface area (Å²) >= 11 is 0. The maximum Gasteiger partial charge on any atom is 0.339 e. The molecule has 0 fully saturated rings. The monoisotopic (exact) mass is 247 g/mol. The Labute approximate surface area is 106 Å². The number of carbonyl (C=O) groups is 1. The van der Waals surface area contributed by atoms with Gasteiger partial charge in [0.2, 0.25) is 0 Å². The third-order valence-electron chi connectivity index (χ3n) is 2.90. The molecule has 0 atom stereocenters. The van der Waals surface area contributed by atoms with Gasteiger partial charge in [0.15, 0.2) is 5.65 Å². The zero-order valence-electron chi connectivity index (χ0n) is 10.7. The standard InChI is InChI=1S/C13H17N3O2/c1-3-4-5-6-11-14-15-12-8-7-10(9-16(11)12)13(17)18-2/h7-9H,3-6H2,1-2H3. The van der Waals surface area contributed by atoms with Crippen LogP contribution >= 0.6 is 0 Å². The van der Waals surface area contributed by atoms with Gasteiger partial charge in [-0.3, -0.25) is 4.40 Å². The predicted molar refractivity (Wildman–Crippen MR) is 67.6 cm³/mol. The summed E-state index contributed by atoms with van der Waals surface area (Å²) in [4.78, 5) is 11.5. The van der Waals surface area contributed by atoms with Crippen LogP contribution in [-0.2, 0) is 11.2 Å². The molecule has 0 N–H and O–H groups in total. The first-order chi connectivity index (χ1) is 8.76. The Morgan fingerprint density at radius 3 is 2.89 bits per heavy atom. The van der Waals surface area contributed by atoms with E-state index < -0.39 is 0 Å². The minimum absolute atomic E-state index is 0.342. The van der Waals surface area contributed by atoms with E-state index in [2.05, 4.69) is 17.1 Å². The molecule has 2 heterocycles. The molecule has 2 rings (SSSR count). The second-order valence-electron chi connectivity index (χ2n) is 4.21. The van der Waals surface area contributed by atoms with Crippen LogP contribution in [0.2, 0.25) is 0 Å². The molecule has 18 heavy (non-hydrogen) atoms. The van der Waals surface area contributed by atoms with E-state index in [1.807, 2.05) is 4.40 Å². The molecule has 0 saturated heterocycles. The summed E-state index contributed by atoms with van der Waals surface area (Å²) in [6.07, 6.45) is 6.04. The van der Waals surface area contributed by atoms with Crippen LogP contribution in [0.5, 0.6) is 0 Å². The maximum absolute atomic E-state index is 11.5. The number of pyridine rings is 1. The minimum atomic E-state index is -0.342. The number of fused-ring (bicyclic) bond motifs is 1. The number of rotatable bonds is 5. The second-order valence-corrected chi connectivity index (χ2v) is 4.21. The minimum Gasteiger partial charge on any atom is -0.465 e. The Morgan fingerprint density at radius 1 is 1.33 bits per heavy atom. The van der Waals surface area contributed by atoms with Crippen LogP contribution in [0, 0.1) is 0 Å². The van der Waals surface area contributed by atoms with Crippen molar-refractivity contribution in [3.05, 3.63) is 29.7 Å². The quantitative estimate of drug-likeness (QED) is 0.600. The fourth-order valence-corrected chi connectivity index (χ4v) is 1.88. The summed E-state index contributed by atoms with van der Waals surface area (Å²) in [7, 11) is 1.38. The van der Waals surface area contributed by atoms with Crippen molar-refractivity contribution in [2.45, 2.75) is 32.6 Å². The van der Waals surface area contributed by atoms with Crippen LogP contribution in [0.25, 0.3) is 5.65 Å². The lowest BCUT2D eigenvalue weighted by Gasteiger charge is -2.02. The van der Waals surface area contributed by atoms with Crippen LogP contribution in [0.4, 0.5) is 0 Å². The maximum atomic E-state index is 11.5. The highest BCUT2D eigenvalue weighted by Crippen LogP contribution is 2.10. The SMILES string of the molecule is CCCCCc1nnc2ccc(C(=O)OC)cn12. The highest BCUT2D eigenvalue weighted by atomic mass is 16.5. The van der Waals surface area contributed by atoms with Crippen molar-refractivity contribution in [2.75, 3.05) is 7.11 Å². The first-order valence-corrected chi connectivity index (χ1v) is 6.18. The summed E-state index contributed by atoms with van der Waals surface area (Å²) in [6.45, 7) is 2.16. The smallest absolute Gasteiger partial charge is 0.339 e. The number of nitrogens with zero attached hydrogens (tertiary/aromatic N) is 3. The fourth-order valence-electron chi connectivity index (χ4n) is 1.88. The first kappa shape index (κ1) is 12.5. The van der Waals surface area contributed by atoms with E-state index in [9.17, 15) is 4.79 Å². The van der Waals surface area contributed by atoms with Gasteiger partial charge in [0.25, 0.3) is 0 Å². The van der Waals surface area contributed by atoms with Crippen LogP contribution in [0.15, 0.2) is 18.3 Å². The normalized spacial score (nSPS) is 10.8. The van der Waals surface area contributed by atoms with E-state index in [1.165, 1.54) is 20.0 Å². The number of ether oxygens (including phenoxy) is 1. The van der Waals surface area contributed by atoms with Gasteiger partial charge in [-0.1, -0.05) is 19.8 Å². The molecule has 0 saturated carbocycles. The molecule has 5 heteroatoms. The lowest BCUT2D eigenvalue weighted by Crippen LogP contribution is -2.04. The topological polar surface area (TPSA) is 56.5 Å². The van der Waals surface area contributed by atoms with Gasteiger partial charge in [0, 0.05) is 12.6 Å². The van der Waals surface area contributed by atoms with Gasteiger partial charge in [-0.05, 0) is 18.6 Å². The van der Waals surface area contributed by atoms with E-state index in [0.717, 1.165) is 24.3 Å². The molecule has 0 amide bonds. The van der Waals surface area contributed by atoms with Crippen LogP contribution in [-0.4, -0.2) is 27.7 Å². The Bertz CT molecular complexity index is 548. The van der Waals surface area contributed by atoms with Gasteiger partial charge in [-0.25, -0.2) is 4.79 Å². The predicted octanol–water partition coefficient (Wildman–Crippen LogP) is 2.25. The van der Waals surface area contributed by atoms with Gasteiger partial charge in [-0.15, -0.1) is 10.2 Å². The lowest BCUT2D eigenvalue weighted by atomic mass is 10.2. The molecule has 0 aliphatic heterocycles. The van der Waals surface area contributed by atoms with E-state index >= 15 is 0 Å². The van der Waals surface area contributed by atoms with Crippen molar-refractivity contribution >= 4 is 11.6 Å². The highest BCUT2D eigenvalue weighted by Gasteiger charge is 2.10. The van der Waals surface area contributed by atoms with Crippen molar-refractivity contribution < 1.29 is 9.53 Å². The number of hydrogen-bond acceptors (Lipinski definition) is 4. The molecule has 0 spiro atoms. The molecule has 0 aromatic carbocycles. The number of aryl methyl sites for hydroxylation is 1. The summed E-state index contributed by atoms with van der Waals surface area (Å²) in [5, 5.41) is 8.24. The Balaban J connectivity index is 2.28. The zero-order valence-corrected chi connectivity index (χ0v) is 10.7. The molecule has 0 radical (unpaired) electrons. The largest absolute Gasteiger partial charge is 0.465 e. The average molecular weight is 247 g/mol. The average Bonchev–Trinajstić information content (AvgIpc) is 2.81. The Morgan fingerprint density at radius 2 is 2.17 bits per heavy atom. The van der Waals surface area contributed by atoms with Gasteiger partial charge in [0.05, 0.1) is 12.7 Å². The molecule has 0 aliphatic rings. The van der Waals surface area contributed by atoms with Gasteiger partial charge < -0.3 is 4.74 Å². The van der Waals surface area contributed by atoms with Crippen LogP contribution in [0.1, 0.15) is 42.4 Å². The highest BCUT2D eigenvalue weighted by molar-refractivity contribution is 5.89. The second kappa shape index (κ2) is 5.62. The summed E-state index contributed by atoms with van der Waals surface area (Å²) in [6, 6.07) is 3.48. The van der Waals surface area contributed by atoms with Crippen molar-refractivity contribution in [2.24, 2.45) is 0 Å². The molecular formula is C13H17N3O2. The number of esters is 1. The molecular weight excluding hydrogens is 230 g/mol. The zero-order chi connectivity index (χ0) is 13.0. The van der Waals surface area contributed by atoms with Crippen LogP contribution < -0.4 is 0 Å². The summed E-state index contributed by atoms with van der Waals surface area (Å²) < 4.78 is 6.57. The van der Waals surface area contributed by atoms with Crippen molar-refractivity contribution in [1.82, 2.24) is 14.6 Å². The Kier molecular flexibility index (Phi) is 3.92. The molecule has 5 nitrogen and oxygen atoms in total. The number of hydrogen-bond donors (Lipinski definition) is 0. The number of carbonyl (C=O) groups excluding carboxylic acids is 1. The van der Waals surface area contributed by atoms with Crippen molar-refractivity contribution in [3.8, 4) is 0 Å². The molecule has 2 aromatic heterocycles. The van der Waals surface area contributed by atoms with Gasteiger partial charge in [0.1, 0.15) is 5.82 Å². The van der Waals surface area contributed by atoms with E-state index in [4.69, 9.17) is 4.74 Å². The Hall–Kier alpha value is -1.91.